The van der Waals surface area contributed by atoms with E-state index in [0.717, 1.165) is 25.7 Å². The fourth-order valence-electron chi connectivity index (χ4n) is 7.62. The number of hydrogen-bond donors (Lipinski definition) is 0. The van der Waals surface area contributed by atoms with Crippen LogP contribution in [0.15, 0.2) is 11.6 Å². The third-order valence-electron chi connectivity index (χ3n) is 8.43. The van der Waals surface area contributed by atoms with E-state index in [-0.39, 0.29) is 34.2 Å². The van der Waals surface area contributed by atoms with Crippen LogP contribution in [0.3, 0.4) is 0 Å². The van der Waals surface area contributed by atoms with E-state index in [4.69, 9.17) is 0 Å². The summed E-state index contributed by atoms with van der Waals surface area (Å²) in [6.45, 7) is 8.34. The van der Waals surface area contributed by atoms with Crippen LogP contribution in [0.25, 0.3) is 0 Å². The fourth-order valence-corrected chi connectivity index (χ4v) is 7.62. The summed E-state index contributed by atoms with van der Waals surface area (Å²) in [4.78, 5) is 37.6. The molecule has 0 aliphatic heterocycles. The third kappa shape index (κ3) is 2.20. The number of hydrogen-bond acceptors (Lipinski definition) is 3. The second kappa shape index (κ2) is 5.37. The molecule has 3 saturated carbocycles. The zero-order valence-electron chi connectivity index (χ0n) is 15.9. The van der Waals surface area contributed by atoms with Crippen LogP contribution in [0.2, 0.25) is 0 Å². The van der Waals surface area contributed by atoms with Gasteiger partial charge in [-0.1, -0.05) is 26.3 Å². The second-order valence-electron chi connectivity index (χ2n) is 9.79. The van der Waals surface area contributed by atoms with Crippen molar-refractivity contribution in [2.24, 2.45) is 40.4 Å². The lowest BCUT2D eigenvalue weighted by molar-refractivity contribution is -0.148. The number of ketones is 3. The molecule has 3 heteroatoms. The number of carbonyl (C=O) groups excluding carboxylic acids is 3. The molecule has 0 heterocycles. The molecule has 136 valence electrons. The molecule has 7 atom stereocenters. The van der Waals surface area contributed by atoms with Gasteiger partial charge in [-0.15, -0.1) is 0 Å². The molecular weight excluding hydrogens is 312 g/mol. The summed E-state index contributed by atoms with van der Waals surface area (Å²) in [5.74, 6) is 2.14. The minimum atomic E-state index is -0.161. The van der Waals surface area contributed by atoms with E-state index in [0.29, 0.717) is 36.4 Å². The van der Waals surface area contributed by atoms with Crippen LogP contribution in [0.1, 0.15) is 66.2 Å². The van der Waals surface area contributed by atoms with Crippen LogP contribution in [0.4, 0.5) is 0 Å². The molecule has 25 heavy (non-hydrogen) atoms. The Kier molecular flexibility index (Phi) is 3.69. The van der Waals surface area contributed by atoms with Crippen LogP contribution in [-0.2, 0) is 14.4 Å². The van der Waals surface area contributed by atoms with Gasteiger partial charge in [0.2, 0.25) is 0 Å². The van der Waals surface area contributed by atoms with Gasteiger partial charge in [-0.25, -0.2) is 0 Å². The molecule has 0 N–H and O–H groups in total. The molecule has 4 aliphatic carbocycles. The predicted octanol–water partition coefficient (Wildman–Crippen LogP) is 4.15. The lowest BCUT2D eigenvalue weighted by Crippen LogP contribution is -2.55. The molecular formula is C22H30O3. The van der Waals surface area contributed by atoms with Gasteiger partial charge in [0.1, 0.15) is 11.6 Å². The number of carbonyl (C=O) groups is 3. The Morgan fingerprint density at radius 2 is 1.92 bits per heavy atom. The predicted molar refractivity (Wildman–Crippen MR) is 95.8 cm³/mol. The number of fused-ring (bicyclic) bond motifs is 5. The fraction of sp³-hybridized carbons (Fsp3) is 0.773. The van der Waals surface area contributed by atoms with E-state index in [1.54, 1.807) is 6.92 Å². The molecule has 4 rings (SSSR count). The standard InChI is InChI=1S/C22H30O3/c1-12-9-17-16-6-5-14-10-15(24)7-8-21(14,3)20(16)18(25)11-22(17,4)19(12)13(2)23/h10,12,16-17,19-20H,5-9,11H2,1-4H3/t12-,16+,17-,19+,20-,21+,22+/m1/s1. The number of allylic oxidation sites excluding steroid dienone is 1. The van der Waals surface area contributed by atoms with E-state index in [1.807, 2.05) is 6.08 Å². The average Bonchev–Trinajstić information content (AvgIpc) is 2.77. The molecule has 4 aliphatic rings. The van der Waals surface area contributed by atoms with Gasteiger partial charge in [0.25, 0.3) is 0 Å². The van der Waals surface area contributed by atoms with Crippen LogP contribution >= 0.6 is 0 Å². The smallest absolute Gasteiger partial charge is 0.155 e. The quantitative estimate of drug-likeness (QED) is 0.719. The summed E-state index contributed by atoms with van der Waals surface area (Å²) in [6, 6.07) is 0. The van der Waals surface area contributed by atoms with Crippen LogP contribution in [0.5, 0.6) is 0 Å². The topological polar surface area (TPSA) is 51.2 Å². The normalized spacial score (nSPS) is 49.1. The van der Waals surface area contributed by atoms with Gasteiger partial charge in [-0.3, -0.25) is 14.4 Å². The lowest BCUT2D eigenvalue weighted by atomic mass is 9.46. The highest BCUT2D eigenvalue weighted by Gasteiger charge is 2.64. The minimum Gasteiger partial charge on any atom is -0.300 e. The van der Waals surface area contributed by atoms with E-state index >= 15 is 0 Å². The van der Waals surface area contributed by atoms with Crippen molar-refractivity contribution >= 4 is 17.3 Å². The summed E-state index contributed by atoms with van der Waals surface area (Å²) < 4.78 is 0. The van der Waals surface area contributed by atoms with Gasteiger partial charge >= 0.3 is 0 Å². The Balaban J connectivity index is 1.76. The van der Waals surface area contributed by atoms with Crippen molar-refractivity contribution in [2.45, 2.75) is 66.2 Å². The summed E-state index contributed by atoms with van der Waals surface area (Å²) in [7, 11) is 0. The van der Waals surface area contributed by atoms with Crippen molar-refractivity contribution in [2.75, 3.05) is 0 Å². The van der Waals surface area contributed by atoms with Gasteiger partial charge in [-0.2, -0.15) is 0 Å². The molecule has 0 bridgehead atoms. The van der Waals surface area contributed by atoms with Gasteiger partial charge in [-0.05, 0) is 67.3 Å². The van der Waals surface area contributed by atoms with E-state index in [1.165, 1.54) is 5.57 Å². The molecule has 0 spiro atoms. The SMILES string of the molecule is CC(=O)[C@@H]1[C@H](C)C[C@@H]2[C@@H]3CCC4=CC(=O)CC[C@]4(C)[C@H]3C(=O)C[C@@]21C. The van der Waals surface area contributed by atoms with E-state index in [9.17, 15) is 14.4 Å². The maximum Gasteiger partial charge on any atom is 0.155 e. The Hall–Kier alpha value is -1.25. The molecule has 0 radical (unpaired) electrons. The Morgan fingerprint density at radius 3 is 2.60 bits per heavy atom. The maximum absolute atomic E-state index is 13.4. The molecule has 0 aromatic rings. The minimum absolute atomic E-state index is 0.0279. The molecule has 0 aromatic carbocycles. The molecule has 0 unspecified atom stereocenters. The first-order valence-corrected chi connectivity index (χ1v) is 9.95. The average molecular weight is 342 g/mol. The first-order valence-electron chi connectivity index (χ1n) is 9.95. The summed E-state index contributed by atoms with van der Waals surface area (Å²) in [6.07, 6.45) is 6.81. The van der Waals surface area contributed by atoms with Crippen molar-refractivity contribution < 1.29 is 14.4 Å². The van der Waals surface area contributed by atoms with Crippen LogP contribution in [-0.4, -0.2) is 17.3 Å². The first-order chi connectivity index (χ1) is 11.7. The number of Topliss-reactive ketones (excluding diaryl/α,β-unsaturated/α-hetero) is 2. The summed E-state index contributed by atoms with van der Waals surface area (Å²) in [5, 5.41) is 0. The van der Waals surface area contributed by atoms with Gasteiger partial charge in [0.15, 0.2) is 5.78 Å². The molecule has 3 fully saturated rings. The van der Waals surface area contributed by atoms with Crippen LogP contribution in [0, 0.1) is 40.4 Å². The Morgan fingerprint density at radius 1 is 1.20 bits per heavy atom. The van der Waals surface area contributed by atoms with Crippen molar-refractivity contribution in [3.8, 4) is 0 Å². The number of rotatable bonds is 1. The Labute approximate surface area is 150 Å². The second-order valence-corrected chi connectivity index (χ2v) is 9.79. The van der Waals surface area contributed by atoms with Gasteiger partial charge in [0, 0.05) is 24.7 Å². The van der Waals surface area contributed by atoms with Crippen molar-refractivity contribution in [3.05, 3.63) is 11.6 Å². The maximum atomic E-state index is 13.4. The van der Waals surface area contributed by atoms with Crippen molar-refractivity contribution in [1.29, 1.82) is 0 Å². The zero-order chi connectivity index (χ0) is 18.1. The molecule has 0 amide bonds. The molecule has 0 aromatic heterocycles. The van der Waals surface area contributed by atoms with E-state index in [2.05, 4.69) is 20.8 Å². The highest BCUT2D eigenvalue weighted by Crippen LogP contribution is 2.66. The third-order valence-corrected chi connectivity index (χ3v) is 8.43. The van der Waals surface area contributed by atoms with Gasteiger partial charge < -0.3 is 0 Å². The van der Waals surface area contributed by atoms with Crippen molar-refractivity contribution in [3.63, 3.8) is 0 Å². The highest BCUT2D eigenvalue weighted by molar-refractivity contribution is 5.93. The monoisotopic (exact) mass is 342 g/mol. The largest absolute Gasteiger partial charge is 0.300 e. The van der Waals surface area contributed by atoms with E-state index < -0.39 is 0 Å². The van der Waals surface area contributed by atoms with Gasteiger partial charge in [0.05, 0.1) is 0 Å². The molecule has 0 saturated heterocycles. The molecule has 3 nitrogen and oxygen atoms in total. The van der Waals surface area contributed by atoms with Crippen LogP contribution < -0.4 is 0 Å². The summed E-state index contributed by atoms with van der Waals surface area (Å²) in [5.41, 5.74) is 0.925. The van der Waals surface area contributed by atoms with Crippen molar-refractivity contribution in [1.82, 2.24) is 0 Å². The zero-order valence-corrected chi connectivity index (χ0v) is 15.9. The summed E-state index contributed by atoms with van der Waals surface area (Å²) >= 11 is 0. The first kappa shape index (κ1) is 17.2. The highest BCUT2D eigenvalue weighted by atomic mass is 16.1. The lowest BCUT2D eigenvalue weighted by Gasteiger charge is -2.56. The Bertz CT molecular complexity index is 689.